The molecule has 0 spiro atoms. The summed E-state index contributed by atoms with van der Waals surface area (Å²) in [6.07, 6.45) is 1.50. The van der Waals surface area contributed by atoms with E-state index >= 15 is 0 Å². The molecule has 2 aromatic carbocycles. The second kappa shape index (κ2) is 4.75. The molecule has 0 saturated carbocycles. The topological polar surface area (TPSA) is 89.7 Å². The molecular formula is C15H9NO5. The number of phenolic OH excluding ortho intramolecular Hbond substituents is 1. The average Bonchev–Trinajstić information content (AvgIpc) is 2.76. The van der Waals surface area contributed by atoms with Gasteiger partial charge in [0.1, 0.15) is 11.5 Å². The molecule has 1 aliphatic heterocycles. The number of benzene rings is 2. The van der Waals surface area contributed by atoms with E-state index < -0.39 is 4.92 Å². The molecule has 0 aromatic heterocycles. The van der Waals surface area contributed by atoms with Gasteiger partial charge in [0, 0.05) is 12.1 Å². The van der Waals surface area contributed by atoms with Crippen molar-refractivity contribution in [3.63, 3.8) is 0 Å². The number of non-ortho nitro benzene ring substituents is 1. The summed E-state index contributed by atoms with van der Waals surface area (Å²) in [5, 5.41) is 20.0. The third kappa shape index (κ3) is 2.34. The fourth-order valence-corrected chi connectivity index (χ4v) is 2.02. The van der Waals surface area contributed by atoms with Crippen LogP contribution in [0.4, 0.5) is 5.69 Å². The van der Waals surface area contributed by atoms with Crippen LogP contribution in [0.15, 0.2) is 48.2 Å². The number of aromatic hydroxyl groups is 1. The number of allylic oxidation sites excluding steroid dienone is 1. The molecule has 21 heavy (non-hydrogen) atoms. The first kappa shape index (κ1) is 12.9. The van der Waals surface area contributed by atoms with Gasteiger partial charge in [0.05, 0.1) is 10.5 Å². The van der Waals surface area contributed by atoms with Gasteiger partial charge in [-0.05, 0) is 42.0 Å². The summed E-state index contributed by atoms with van der Waals surface area (Å²) in [4.78, 5) is 22.2. The smallest absolute Gasteiger partial charge is 0.269 e. The lowest BCUT2D eigenvalue weighted by molar-refractivity contribution is -0.384. The molecule has 6 heteroatoms. The van der Waals surface area contributed by atoms with Crippen LogP contribution < -0.4 is 4.74 Å². The highest BCUT2D eigenvalue weighted by Crippen LogP contribution is 2.34. The van der Waals surface area contributed by atoms with Gasteiger partial charge in [-0.1, -0.05) is 0 Å². The van der Waals surface area contributed by atoms with E-state index in [2.05, 4.69) is 0 Å². The summed E-state index contributed by atoms with van der Waals surface area (Å²) in [7, 11) is 0. The van der Waals surface area contributed by atoms with Crippen molar-refractivity contribution < 1.29 is 19.6 Å². The normalized spacial score (nSPS) is 14.9. The summed E-state index contributed by atoms with van der Waals surface area (Å²) in [5.41, 5.74) is 0.883. The van der Waals surface area contributed by atoms with Crippen molar-refractivity contribution in [3.8, 4) is 11.5 Å². The predicted octanol–water partition coefficient (Wildman–Crippen LogP) is 2.92. The molecule has 1 aliphatic rings. The SMILES string of the molecule is O=C1/C(=C/c2ccc([N+](=O)[O-])cc2)Oc2ccc(O)cc21. The molecular weight excluding hydrogens is 274 g/mol. The van der Waals surface area contributed by atoms with Gasteiger partial charge in [0.15, 0.2) is 5.76 Å². The highest BCUT2D eigenvalue weighted by Gasteiger charge is 2.27. The van der Waals surface area contributed by atoms with E-state index in [9.17, 15) is 20.0 Å². The Kier molecular flexibility index (Phi) is 2.91. The first-order valence-corrected chi connectivity index (χ1v) is 6.06. The average molecular weight is 283 g/mol. The van der Waals surface area contributed by atoms with E-state index in [-0.39, 0.29) is 23.0 Å². The maximum atomic E-state index is 12.1. The number of ether oxygens (including phenoxy) is 1. The molecule has 104 valence electrons. The number of carbonyl (C=O) groups is 1. The number of carbonyl (C=O) groups excluding carboxylic acids is 1. The van der Waals surface area contributed by atoms with E-state index in [0.29, 0.717) is 16.9 Å². The van der Waals surface area contributed by atoms with Gasteiger partial charge < -0.3 is 9.84 Å². The van der Waals surface area contributed by atoms with Crippen molar-refractivity contribution in [2.75, 3.05) is 0 Å². The van der Waals surface area contributed by atoms with Gasteiger partial charge in [-0.3, -0.25) is 14.9 Å². The molecule has 0 atom stereocenters. The largest absolute Gasteiger partial charge is 0.508 e. The van der Waals surface area contributed by atoms with E-state index in [1.165, 1.54) is 48.5 Å². The van der Waals surface area contributed by atoms with Crippen LogP contribution in [-0.4, -0.2) is 15.8 Å². The van der Waals surface area contributed by atoms with Gasteiger partial charge in [-0.15, -0.1) is 0 Å². The number of hydrogen-bond donors (Lipinski definition) is 1. The van der Waals surface area contributed by atoms with Crippen molar-refractivity contribution in [2.24, 2.45) is 0 Å². The lowest BCUT2D eigenvalue weighted by Crippen LogP contribution is -1.98. The number of ketones is 1. The molecule has 3 rings (SSSR count). The lowest BCUT2D eigenvalue weighted by Gasteiger charge is -1.98. The Morgan fingerprint density at radius 3 is 2.52 bits per heavy atom. The Morgan fingerprint density at radius 1 is 1.14 bits per heavy atom. The van der Waals surface area contributed by atoms with Crippen molar-refractivity contribution in [3.05, 3.63) is 69.5 Å². The molecule has 6 nitrogen and oxygen atoms in total. The Hall–Kier alpha value is -3.15. The first-order valence-electron chi connectivity index (χ1n) is 6.06. The predicted molar refractivity (Wildman–Crippen MR) is 74.1 cm³/mol. The molecule has 0 aliphatic carbocycles. The molecule has 0 bridgehead atoms. The maximum absolute atomic E-state index is 12.1. The van der Waals surface area contributed by atoms with Crippen LogP contribution in [0.1, 0.15) is 15.9 Å². The number of nitrogens with zero attached hydrogens (tertiary/aromatic N) is 1. The maximum Gasteiger partial charge on any atom is 0.269 e. The fourth-order valence-electron chi connectivity index (χ4n) is 2.02. The highest BCUT2D eigenvalue weighted by atomic mass is 16.6. The van der Waals surface area contributed by atoms with Crippen LogP contribution in [0.5, 0.6) is 11.5 Å². The van der Waals surface area contributed by atoms with E-state index in [4.69, 9.17) is 4.74 Å². The van der Waals surface area contributed by atoms with Crippen LogP contribution >= 0.6 is 0 Å². The molecule has 0 fully saturated rings. The molecule has 1 N–H and O–H groups in total. The molecule has 0 unspecified atom stereocenters. The number of rotatable bonds is 2. The minimum atomic E-state index is -0.493. The molecule has 0 radical (unpaired) electrons. The zero-order chi connectivity index (χ0) is 15.0. The van der Waals surface area contributed by atoms with Gasteiger partial charge >= 0.3 is 0 Å². The van der Waals surface area contributed by atoms with Gasteiger partial charge in [-0.25, -0.2) is 0 Å². The second-order valence-corrected chi connectivity index (χ2v) is 4.47. The fraction of sp³-hybridized carbons (Fsp3) is 0. The first-order chi connectivity index (χ1) is 10.0. The summed E-state index contributed by atoms with van der Waals surface area (Å²) in [5.74, 6) is 0.150. The van der Waals surface area contributed by atoms with Crippen LogP contribution in [0.25, 0.3) is 6.08 Å². The summed E-state index contributed by atoms with van der Waals surface area (Å²) >= 11 is 0. The van der Waals surface area contributed by atoms with Gasteiger partial charge in [0.2, 0.25) is 5.78 Å². The number of fused-ring (bicyclic) bond motifs is 1. The Labute approximate surface area is 119 Å². The minimum absolute atomic E-state index is 0.0118. The van der Waals surface area contributed by atoms with Gasteiger partial charge in [-0.2, -0.15) is 0 Å². The standard InChI is InChI=1S/C15H9NO5/c17-11-5-6-13-12(8-11)15(18)14(21-13)7-9-1-3-10(4-2-9)16(19)20/h1-8,17H/b14-7-. The van der Waals surface area contributed by atoms with Crippen molar-refractivity contribution >= 4 is 17.5 Å². The number of nitro benzene ring substituents is 1. The van der Waals surface area contributed by atoms with Crippen molar-refractivity contribution in [1.82, 2.24) is 0 Å². The zero-order valence-electron chi connectivity index (χ0n) is 10.6. The summed E-state index contributed by atoms with van der Waals surface area (Å²) in [6.45, 7) is 0. The summed E-state index contributed by atoms with van der Waals surface area (Å²) < 4.78 is 5.42. The van der Waals surface area contributed by atoms with Crippen LogP contribution in [0.3, 0.4) is 0 Å². The van der Waals surface area contributed by atoms with E-state index in [0.717, 1.165) is 0 Å². The quantitative estimate of drug-likeness (QED) is 0.520. The number of phenols is 1. The van der Waals surface area contributed by atoms with Crippen LogP contribution in [0, 0.1) is 10.1 Å². The molecule has 2 aromatic rings. The second-order valence-electron chi connectivity index (χ2n) is 4.47. The molecule has 0 amide bonds. The monoisotopic (exact) mass is 283 g/mol. The highest BCUT2D eigenvalue weighted by molar-refractivity contribution is 6.14. The minimum Gasteiger partial charge on any atom is -0.508 e. The number of nitro groups is 1. The van der Waals surface area contributed by atoms with E-state index in [1.807, 2.05) is 0 Å². The Balaban J connectivity index is 1.92. The van der Waals surface area contributed by atoms with Crippen LogP contribution in [0.2, 0.25) is 0 Å². The van der Waals surface area contributed by atoms with E-state index in [1.54, 1.807) is 0 Å². The Bertz CT molecular complexity index is 777. The van der Waals surface area contributed by atoms with Gasteiger partial charge in [0.25, 0.3) is 5.69 Å². The Morgan fingerprint density at radius 2 is 1.86 bits per heavy atom. The number of Topliss-reactive ketones (excluding diaryl/α,β-unsaturated/α-hetero) is 1. The third-order valence-corrected chi connectivity index (χ3v) is 3.05. The van der Waals surface area contributed by atoms with Crippen molar-refractivity contribution in [2.45, 2.75) is 0 Å². The summed E-state index contributed by atoms with van der Waals surface area (Å²) in [6, 6.07) is 10.1. The third-order valence-electron chi connectivity index (χ3n) is 3.05. The molecule has 1 heterocycles. The number of hydrogen-bond acceptors (Lipinski definition) is 5. The molecule has 0 saturated heterocycles. The van der Waals surface area contributed by atoms with Crippen molar-refractivity contribution in [1.29, 1.82) is 0 Å². The van der Waals surface area contributed by atoms with Crippen LogP contribution in [-0.2, 0) is 0 Å². The lowest BCUT2D eigenvalue weighted by atomic mass is 10.1. The zero-order valence-corrected chi connectivity index (χ0v) is 10.6.